The fourth-order valence-electron chi connectivity index (χ4n) is 1.38. The third kappa shape index (κ3) is 6.13. The van der Waals surface area contributed by atoms with Crippen molar-refractivity contribution in [2.75, 3.05) is 0 Å². The Balaban J connectivity index is 7.29. The Morgan fingerprint density at radius 2 is 0.784 bits per heavy atom. The topological polar surface area (TPSA) is 96.0 Å². The second-order valence-electron chi connectivity index (χ2n) is 5.80. The fourth-order valence-corrected chi connectivity index (χ4v) is 2.03. The molecule has 0 spiro atoms. The van der Waals surface area contributed by atoms with E-state index in [9.17, 15) is 94.9 Å². The molecule has 0 aromatic rings. The van der Waals surface area contributed by atoms with Gasteiger partial charge in [-0.05, 0) is 0 Å². The van der Waals surface area contributed by atoms with Gasteiger partial charge in [0.25, 0.3) is 0 Å². The zero-order valence-corrected chi connectivity index (χ0v) is 17.3. The van der Waals surface area contributed by atoms with Gasteiger partial charge in [-0.25, -0.2) is 13.9 Å². The minimum atomic E-state index is -8.45. The summed E-state index contributed by atoms with van der Waals surface area (Å²) in [6.07, 6.45) is -39.2. The van der Waals surface area contributed by atoms with Crippen LogP contribution in [0, 0.1) is 0 Å². The van der Waals surface area contributed by atoms with Crippen molar-refractivity contribution < 1.29 is 109 Å². The molecule has 0 fully saturated rings. The molecule has 0 aromatic heterocycles. The van der Waals surface area contributed by atoms with Gasteiger partial charge in [-0.3, -0.25) is 4.74 Å². The Labute approximate surface area is 189 Å². The van der Waals surface area contributed by atoms with Gasteiger partial charge in [-0.15, -0.1) is 0 Å². The van der Waals surface area contributed by atoms with E-state index in [0.29, 0.717) is 0 Å². The molecule has 0 aliphatic rings. The highest BCUT2D eigenvalue weighted by Crippen LogP contribution is 2.56. The molecule has 1 unspecified atom stereocenters. The summed E-state index contributed by atoms with van der Waals surface area (Å²) in [5.41, 5.74) is 0. The van der Waals surface area contributed by atoms with Gasteiger partial charge in [-0.2, -0.15) is 82.7 Å². The van der Waals surface area contributed by atoms with Crippen LogP contribution in [0.3, 0.4) is 0 Å². The molecule has 0 saturated heterocycles. The molecule has 222 valence electrons. The molecule has 0 bridgehead atoms. The van der Waals surface area contributed by atoms with Crippen molar-refractivity contribution in [1.82, 2.24) is 0 Å². The van der Waals surface area contributed by atoms with Crippen LogP contribution in [0.5, 0.6) is 0 Å². The summed E-state index contributed by atoms with van der Waals surface area (Å²) in [6.45, 7) is 1.44. The molecule has 0 aliphatic heterocycles. The number of halogens is 18. The van der Waals surface area contributed by atoms with E-state index in [4.69, 9.17) is 0 Å². The first kappa shape index (κ1) is 35.3. The second kappa shape index (κ2) is 9.18. The predicted octanol–water partition coefficient (Wildman–Crippen LogP) is 4.93. The van der Waals surface area contributed by atoms with E-state index in [1.54, 1.807) is 4.74 Å². The first-order valence-electron chi connectivity index (χ1n) is 7.24. The monoisotopic (exact) mass is 640 g/mol. The normalized spacial score (nSPS) is 17.5. The predicted molar refractivity (Wildman–Crippen MR) is 72.0 cm³/mol. The Hall–Kier alpha value is -1.74. The van der Waals surface area contributed by atoms with Crippen molar-refractivity contribution in [2.45, 2.75) is 46.9 Å². The number of rotatable bonds is 13. The smallest absolute Gasteiger partial charge is 0.262 e. The number of alkyl halides is 15. The maximum absolute atomic E-state index is 14.4. The third-order valence-electron chi connectivity index (χ3n) is 3.14. The zero-order valence-electron chi connectivity index (χ0n) is 15.7. The van der Waals surface area contributed by atoms with Crippen molar-refractivity contribution >= 4 is 20.4 Å². The van der Waals surface area contributed by atoms with Crippen molar-refractivity contribution in [1.29, 1.82) is 0 Å². The highest BCUT2D eigenvalue weighted by atomic mass is 32.3. The maximum Gasteiger partial charge on any atom is 0.464 e. The third-order valence-corrected chi connectivity index (χ3v) is 4.84. The van der Waals surface area contributed by atoms with Gasteiger partial charge < -0.3 is 0 Å². The number of ether oxygens (including phenoxy) is 3. The van der Waals surface area contributed by atoms with Crippen LogP contribution in [0.4, 0.5) is 78.0 Å². The summed E-state index contributed by atoms with van der Waals surface area (Å²) < 4.78 is 281. The molecule has 1 atom stereocenters. The van der Waals surface area contributed by atoms with E-state index in [1.807, 2.05) is 0 Å². The molecule has 37 heavy (non-hydrogen) atoms. The molecular weight excluding hydrogens is 638 g/mol. The molecule has 7 nitrogen and oxygen atoms in total. The lowest BCUT2D eigenvalue weighted by Crippen LogP contribution is -2.68. The highest BCUT2D eigenvalue weighted by Gasteiger charge is 2.85. The average molecular weight is 640 g/mol. The van der Waals surface area contributed by atoms with Gasteiger partial charge in [0.1, 0.15) is 0 Å². The van der Waals surface area contributed by atoms with Gasteiger partial charge in [0.15, 0.2) is 5.83 Å². The molecule has 0 aliphatic carbocycles. The van der Waals surface area contributed by atoms with E-state index in [1.165, 1.54) is 16.1 Å². The van der Waals surface area contributed by atoms with Crippen LogP contribution in [0.25, 0.3) is 0 Å². The molecule has 0 N–H and O–H groups in total. The molecule has 0 saturated carbocycles. The highest BCUT2D eigenvalue weighted by molar-refractivity contribution is 7.87. The fraction of sp³-hybridized carbons (Fsp3) is 0.800. The summed E-state index contributed by atoms with van der Waals surface area (Å²) >= 11 is 0. The van der Waals surface area contributed by atoms with Crippen LogP contribution in [-0.4, -0.2) is 63.7 Å². The SMILES string of the molecule is C=C(F)C(F)(F)OC(F)(F)C(F)(OC(F)(F)C(F)(F)S(=O)(=O)F)C(F)(F)OC(F)(F)C(F)(F)S(=O)(=O)F. The van der Waals surface area contributed by atoms with Crippen LogP contribution in [0.15, 0.2) is 12.4 Å². The molecule has 0 heterocycles. The van der Waals surface area contributed by atoms with Crippen LogP contribution in [0.1, 0.15) is 0 Å². The van der Waals surface area contributed by atoms with Gasteiger partial charge in [0, 0.05) is 0 Å². The maximum atomic E-state index is 14.4. The van der Waals surface area contributed by atoms with Crippen molar-refractivity contribution in [3.63, 3.8) is 0 Å². The molecule has 0 radical (unpaired) electrons. The van der Waals surface area contributed by atoms with Crippen molar-refractivity contribution in [3.05, 3.63) is 12.4 Å². The standard InChI is InChI=1S/C10H2F18O7S2/c1-2(11)3(12,13)33-5(15,16)4(14,34-7(19,20)9(23,24)36(27,29)30)6(17,18)35-8(21,22)10(25,26)37(28,31)32/h1H2. The molecule has 27 heteroatoms. The van der Waals surface area contributed by atoms with Crippen molar-refractivity contribution in [3.8, 4) is 0 Å². The van der Waals surface area contributed by atoms with E-state index in [-0.39, 0.29) is 0 Å². The van der Waals surface area contributed by atoms with Crippen LogP contribution < -0.4 is 0 Å². The minimum Gasteiger partial charge on any atom is -0.262 e. The summed E-state index contributed by atoms with van der Waals surface area (Å²) in [5.74, 6) is -12.1. The first-order valence-corrected chi connectivity index (χ1v) is 10.0. The van der Waals surface area contributed by atoms with Crippen LogP contribution >= 0.6 is 0 Å². The van der Waals surface area contributed by atoms with Gasteiger partial charge >= 0.3 is 67.4 Å². The zero-order chi connectivity index (χ0) is 30.7. The molecule has 0 amide bonds. The lowest BCUT2D eigenvalue weighted by Gasteiger charge is -2.41. The van der Waals surface area contributed by atoms with Crippen molar-refractivity contribution in [2.24, 2.45) is 0 Å². The Morgan fingerprint density at radius 3 is 1.05 bits per heavy atom. The van der Waals surface area contributed by atoms with Gasteiger partial charge in [0.2, 0.25) is 0 Å². The largest absolute Gasteiger partial charge is 0.464 e. The molecule has 0 rings (SSSR count). The number of hydrogen-bond acceptors (Lipinski definition) is 7. The molecule has 0 aromatic carbocycles. The summed E-state index contributed by atoms with van der Waals surface area (Å²) in [6, 6.07) is 0. The Morgan fingerprint density at radius 1 is 0.514 bits per heavy atom. The van der Waals surface area contributed by atoms with E-state index in [0.717, 1.165) is 0 Å². The summed E-state index contributed by atoms with van der Waals surface area (Å²) in [4.78, 5) is 0. The van der Waals surface area contributed by atoms with E-state index < -0.39 is 73.2 Å². The second-order valence-corrected chi connectivity index (χ2v) is 8.58. The minimum absolute atomic E-state index is 1.21. The lowest BCUT2D eigenvalue weighted by molar-refractivity contribution is -0.565. The van der Waals surface area contributed by atoms with Gasteiger partial charge in [-0.1, -0.05) is 14.4 Å². The summed E-state index contributed by atoms with van der Waals surface area (Å²) in [5, 5.41) is -15.6. The number of hydrogen-bond donors (Lipinski definition) is 0. The van der Waals surface area contributed by atoms with E-state index >= 15 is 0 Å². The lowest BCUT2D eigenvalue weighted by atomic mass is 10.2. The summed E-state index contributed by atoms with van der Waals surface area (Å²) in [7, 11) is -16.5. The van der Waals surface area contributed by atoms with Crippen LogP contribution in [-0.2, 0) is 34.7 Å². The Kier molecular flexibility index (Phi) is 8.75. The van der Waals surface area contributed by atoms with Crippen LogP contribution in [0.2, 0.25) is 0 Å². The molecular formula is C10H2F18O7S2. The Bertz CT molecular complexity index is 1100. The first-order chi connectivity index (χ1) is 15.6. The van der Waals surface area contributed by atoms with Gasteiger partial charge in [0.05, 0.1) is 0 Å². The average Bonchev–Trinajstić information content (AvgIpc) is 2.56. The quantitative estimate of drug-likeness (QED) is 0.208. The van der Waals surface area contributed by atoms with E-state index in [2.05, 4.69) is 0 Å².